The molecule has 2 rings (SSSR count). The second-order valence-corrected chi connectivity index (χ2v) is 8.72. The molecule has 0 saturated carbocycles. The molecule has 0 aromatic heterocycles. The summed E-state index contributed by atoms with van der Waals surface area (Å²) in [6.45, 7) is 6.51. The summed E-state index contributed by atoms with van der Waals surface area (Å²) < 4.78 is 28.2. The van der Waals surface area contributed by atoms with Crippen LogP contribution in [0.25, 0.3) is 0 Å². The van der Waals surface area contributed by atoms with Gasteiger partial charge in [-0.1, -0.05) is 0 Å². The van der Waals surface area contributed by atoms with E-state index in [1.165, 1.54) is 11.9 Å². The molecule has 1 aromatic rings. The lowest BCUT2D eigenvalue weighted by molar-refractivity contribution is 0.341. The monoisotopic (exact) mass is 340 g/mol. The number of nitrogens with zero attached hydrogens (tertiary/aromatic N) is 1. The minimum absolute atomic E-state index is 0.299. The van der Waals surface area contributed by atoms with E-state index in [0.717, 1.165) is 43.7 Å². The van der Waals surface area contributed by atoms with E-state index in [4.69, 9.17) is 10.5 Å². The van der Waals surface area contributed by atoms with E-state index in [9.17, 15) is 8.42 Å². The van der Waals surface area contributed by atoms with Gasteiger partial charge in [0.15, 0.2) is 0 Å². The van der Waals surface area contributed by atoms with Gasteiger partial charge in [-0.15, -0.1) is 0 Å². The quantitative estimate of drug-likeness (QED) is 0.806. The average molecular weight is 340 g/mol. The summed E-state index contributed by atoms with van der Waals surface area (Å²) in [6, 6.07) is 4.00. The maximum Gasteiger partial charge on any atom is 0.147 e. The van der Waals surface area contributed by atoms with Crippen LogP contribution in [0.4, 0.5) is 11.4 Å². The molecule has 0 amide bonds. The van der Waals surface area contributed by atoms with Crippen molar-refractivity contribution in [1.29, 1.82) is 0 Å². The number of rotatable bonds is 6. The number of hydrogen-bond acceptors (Lipinski definition) is 5. The van der Waals surface area contributed by atoms with Crippen LogP contribution >= 0.6 is 0 Å². The zero-order valence-corrected chi connectivity index (χ0v) is 15.2. The van der Waals surface area contributed by atoms with Crippen molar-refractivity contribution in [3.8, 4) is 5.75 Å². The Morgan fingerprint density at radius 2 is 1.96 bits per heavy atom. The molecular weight excluding hydrogens is 312 g/mol. The summed E-state index contributed by atoms with van der Waals surface area (Å²) in [6.07, 6.45) is 4.15. The van der Waals surface area contributed by atoms with Gasteiger partial charge in [0, 0.05) is 31.1 Å². The minimum Gasteiger partial charge on any atom is -0.492 e. The van der Waals surface area contributed by atoms with Crippen molar-refractivity contribution in [2.45, 2.75) is 33.1 Å². The van der Waals surface area contributed by atoms with E-state index in [2.05, 4.69) is 11.8 Å². The summed E-state index contributed by atoms with van der Waals surface area (Å²) in [5.41, 5.74) is 9.01. The second-order valence-electron chi connectivity index (χ2n) is 6.46. The van der Waals surface area contributed by atoms with Crippen LogP contribution in [0.3, 0.4) is 0 Å². The standard InChI is InChI=1S/C17H28N2O3S/c1-4-22-17-12-16(13(2)11-15(17)18)19-8-5-14(6-9-19)7-10-23(3,20)21/h11-12,14H,4-10,18H2,1-3H3. The molecule has 1 aliphatic rings. The maximum absolute atomic E-state index is 11.3. The van der Waals surface area contributed by atoms with Gasteiger partial charge in [-0.05, 0) is 50.7 Å². The zero-order valence-electron chi connectivity index (χ0n) is 14.3. The van der Waals surface area contributed by atoms with Crippen LogP contribution in [-0.2, 0) is 9.84 Å². The van der Waals surface area contributed by atoms with Crippen LogP contribution in [0.15, 0.2) is 12.1 Å². The normalized spacial score (nSPS) is 16.6. The molecule has 1 aliphatic heterocycles. The predicted octanol–water partition coefficient (Wildman–Crippen LogP) is 2.63. The van der Waals surface area contributed by atoms with Gasteiger partial charge in [0.05, 0.1) is 18.0 Å². The summed E-state index contributed by atoms with van der Waals surface area (Å²) in [5.74, 6) is 1.54. The average Bonchev–Trinajstić information content (AvgIpc) is 2.48. The second kappa shape index (κ2) is 7.43. The smallest absolute Gasteiger partial charge is 0.147 e. The molecule has 1 heterocycles. The third-order valence-electron chi connectivity index (χ3n) is 4.48. The Labute approximate surface area is 139 Å². The number of aryl methyl sites for hydroxylation is 1. The van der Waals surface area contributed by atoms with E-state index < -0.39 is 9.84 Å². The van der Waals surface area contributed by atoms with Gasteiger partial charge in [0.1, 0.15) is 15.6 Å². The fourth-order valence-electron chi connectivity index (χ4n) is 3.16. The van der Waals surface area contributed by atoms with E-state index in [1.54, 1.807) is 0 Å². The molecule has 0 radical (unpaired) electrons. The highest BCUT2D eigenvalue weighted by atomic mass is 32.2. The van der Waals surface area contributed by atoms with E-state index in [0.29, 0.717) is 24.0 Å². The molecule has 1 saturated heterocycles. The van der Waals surface area contributed by atoms with Crippen LogP contribution < -0.4 is 15.4 Å². The topological polar surface area (TPSA) is 72.6 Å². The summed E-state index contributed by atoms with van der Waals surface area (Å²) in [7, 11) is -2.86. The van der Waals surface area contributed by atoms with Gasteiger partial charge >= 0.3 is 0 Å². The molecule has 130 valence electrons. The van der Waals surface area contributed by atoms with Crippen molar-refractivity contribution >= 4 is 21.2 Å². The molecule has 2 N–H and O–H groups in total. The number of hydrogen-bond donors (Lipinski definition) is 1. The fourth-order valence-corrected chi connectivity index (χ4v) is 3.93. The lowest BCUT2D eigenvalue weighted by Gasteiger charge is -2.34. The summed E-state index contributed by atoms with van der Waals surface area (Å²) in [4.78, 5) is 2.36. The van der Waals surface area contributed by atoms with Gasteiger partial charge in [-0.3, -0.25) is 0 Å². The zero-order chi connectivity index (χ0) is 17.0. The molecule has 1 aromatic carbocycles. The Hall–Kier alpha value is -1.43. The Morgan fingerprint density at radius 3 is 2.52 bits per heavy atom. The van der Waals surface area contributed by atoms with Crippen molar-refractivity contribution < 1.29 is 13.2 Å². The molecule has 0 atom stereocenters. The lowest BCUT2D eigenvalue weighted by Crippen LogP contribution is -2.34. The van der Waals surface area contributed by atoms with Gasteiger partial charge < -0.3 is 15.4 Å². The van der Waals surface area contributed by atoms with E-state index in [-0.39, 0.29) is 0 Å². The number of sulfone groups is 1. The first-order chi connectivity index (χ1) is 10.8. The third kappa shape index (κ3) is 5.03. The number of ether oxygens (including phenoxy) is 1. The Balaban J connectivity index is 2.01. The first-order valence-electron chi connectivity index (χ1n) is 8.25. The maximum atomic E-state index is 11.3. The van der Waals surface area contributed by atoms with Crippen LogP contribution in [0.2, 0.25) is 0 Å². The fraction of sp³-hybridized carbons (Fsp3) is 0.647. The Kier molecular flexibility index (Phi) is 5.79. The van der Waals surface area contributed by atoms with Crippen LogP contribution in [0.1, 0.15) is 31.7 Å². The number of nitrogens with two attached hydrogens (primary N) is 1. The van der Waals surface area contributed by atoms with Crippen LogP contribution in [0, 0.1) is 12.8 Å². The first kappa shape index (κ1) is 17.9. The van der Waals surface area contributed by atoms with Crippen LogP contribution in [0.5, 0.6) is 5.75 Å². The Morgan fingerprint density at radius 1 is 1.30 bits per heavy atom. The minimum atomic E-state index is -2.86. The molecule has 6 heteroatoms. The lowest BCUT2D eigenvalue weighted by atomic mass is 9.93. The first-order valence-corrected chi connectivity index (χ1v) is 10.3. The molecular formula is C17H28N2O3S. The van der Waals surface area contributed by atoms with Gasteiger partial charge in [-0.2, -0.15) is 0 Å². The predicted molar refractivity (Wildman–Crippen MR) is 96.0 cm³/mol. The van der Waals surface area contributed by atoms with Crippen molar-refractivity contribution in [2.75, 3.05) is 42.3 Å². The molecule has 1 fully saturated rings. The van der Waals surface area contributed by atoms with E-state index >= 15 is 0 Å². The highest BCUT2D eigenvalue weighted by molar-refractivity contribution is 7.90. The molecule has 23 heavy (non-hydrogen) atoms. The van der Waals surface area contributed by atoms with E-state index in [1.807, 2.05) is 19.1 Å². The Bertz CT molecular complexity index is 635. The number of piperidine rings is 1. The highest BCUT2D eigenvalue weighted by Gasteiger charge is 2.22. The van der Waals surface area contributed by atoms with Gasteiger partial charge in [0.25, 0.3) is 0 Å². The SMILES string of the molecule is CCOc1cc(N2CCC(CCS(C)(=O)=O)CC2)c(C)cc1N. The highest BCUT2D eigenvalue weighted by Crippen LogP contribution is 2.34. The molecule has 0 unspecified atom stereocenters. The largest absolute Gasteiger partial charge is 0.492 e. The van der Waals surface area contributed by atoms with Crippen molar-refractivity contribution in [3.63, 3.8) is 0 Å². The van der Waals surface area contributed by atoms with Crippen molar-refractivity contribution in [2.24, 2.45) is 5.92 Å². The molecule has 0 aliphatic carbocycles. The number of benzene rings is 1. The number of nitrogen functional groups attached to an aromatic ring is 1. The summed E-state index contributed by atoms with van der Waals surface area (Å²) in [5, 5.41) is 0. The molecule has 0 spiro atoms. The third-order valence-corrected chi connectivity index (χ3v) is 5.46. The van der Waals surface area contributed by atoms with Crippen molar-refractivity contribution in [1.82, 2.24) is 0 Å². The van der Waals surface area contributed by atoms with Gasteiger partial charge in [0.2, 0.25) is 0 Å². The number of anilines is 2. The van der Waals surface area contributed by atoms with Crippen LogP contribution in [-0.4, -0.2) is 40.1 Å². The van der Waals surface area contributed by atoms with Crippen molar-refractivity contribution in [3.05, 3.63) is 17.7 Å². The molecule has 0 bridgehead atoms. The van der Waals surface area contributed by atoms with Gasteiger partial charge in [-0.25, -0.2) is 8.42 Å². The summed E-state index contributed by atoms with van der Waals surface area (Å²) >= 11 is 0. The molecule has 5 nitrogen and oxygen atoms in total.